The van der Waals surface area contributed by atoms with Crippen LogP contribution in [0.5, 0.6) is 0 Å². The van der Waals surface area contributed by atoms with Gasteiger partial charge in [-0.1, -0.05) is 24.3 Å². The third-order valence-corrected chi connectivity index (χ3v) is 5.43. The highest BCUT2D eigenvalue weighted by Crippen LogP contribution is 2.29. The van der Waals surface area contributed by atoms with Crippen LogP contribution >= 0.6 is 11.3 Å². The highest BCUT2D eigenvalue weighted by Gasteiger charge is 2.14. The minimum Gasteiger partial charge on any atom is -0.241 e. The van der Waals surface area contributed by atoms with Gasteiger partial charge in [0.05, 0.1) is 15.6 Å². The monoisotopic (exact) mass is 362 g/mol. The van der Waals surface area contributed by atoms with Crippen molar-refractivity contribution in [1.29, 1.82) is 0 Å². The van der Waals surface area contributed by atoms with E-state index in [9.17, 15) is 12.8 Å². The van der Waals surface area contributed by atoms with Crippen LogP contribution < -0.4 is 5.14 Å². The second-order valence-electron chi connectivity index (χ2n) is 5.39. The molecule has 0 bridgehead atoms. The number of aromatic nitrogens is 1. The molecule has 0 spiro atoms. The maximum Gasteiger partial charge on any atom is 0.238 e. The van der Waals surface area contributed by atoms with Crippen molar-refractivity contribution in [2.75, 3.05) is 0 Å². The van der Waals surface area contributed by atoms with Crippen LogP contribution in [0.25, 0.3) is 11.3 Å². The van der Waals surface area contributed by atoms with Gasteiger partial charge in [-0.15, -0.1) is 11.3 Å². The van der Waals surface area contributed by atoms with Crippen molar-refractivity contribution in [2.24, 2.45) is 5.14 Å². The quantitative estimate of drug-likeness (QED) is 0.772. The number of hydrogen-bond acceptors (Lipinski definition) is 4. The number of hydrogen-bond donors (Lipinski definition) is 1. The van der Waals surface area contributed by atoms with E-state index in [0.717, 1.165) is 21.1 Å². The molecule has 0 fully saturated rings. The van der Waals surface area contributed by atoms with Gasteiger partial charge in [0.25, 0.3) is 0 Å². The molecule has 3 aromatic rings. The molecule has 4 nitrogen and oxygen atoms in total. The van der Waals surface area contributed by atoms with E-state index in [4.69, 9.17) is 5.14 Å². The summed E-state index contributed by atoms with van der Waals surface area (Å²) in [5, 5.41) is 6.07. The van der Waals surface area contributed by atoms with Crippen molar-refractivity contribution >= 4 is 21.4 Å². The first-order valence-electron chi connectivity index (χ1n) is 7.17. The predicted molar refractivity (Wildman–Crippen MR) is 92.9 cm³/mol. The summed E-state index contributed by atoms with van der Waals surface area (Å²) in [5.41, 5.74) is 2.42. The van der Waals surface area contributed by atoms with Crippen LogP contribution in [0, 0.1) is 12.7 Å². The van der Waals surface area contributed by atoms with Crippen molar-refractivity contribution in [3.05, 3.63) is 69.8 Å². The molecular weight excluding hydrogens is 347 g/mol. The number of aryl methyl sites for hydroxylation is 1. The average Bonchev–Trinajstić information content (AvgIpc) is 2.89. The van der Waals surface area contributed by atoms with Crippen LogP contribution in [-0.2, 0) is 16.4 Å². The Kier molecular flexibility index (Phi) is 4.49. The second kappa shape index (κ2) is 6.43. The number of rotatable bonds is 4. The smallest absolute Gasteiger partial charge is 0.238 e. The van der Waals surface area contributed by atoms with Crippen molar-refractivity contribution < 1.29 is 12.8 Å². The van der Waals surface area contributed by atoms with E-state index >= 15 is 0 Å². The molecule has 1 heterocycles. The van der Waals surface area contributed by atoms with E-state index in [1.807, 2.05) is 6.92 Å². The molecule has 0 aliphatic rings. The fourth-order valence-electron chi connectivity index (χ4n) is 2.39. The predicted octanol–water partition coefficient (Wildman–Crippen LogP) is 3.50. The van der Waals surface area contributed by atoms with Crippen molar-refractivity contribution in [3.8, 4) is 11.3 Å². The average molecular weight is 362 g/mol. The minimum atomic E-state index is -3.75. The summed E-state index contributed by atoms with van der Waals surface area (Å²) in [6.45, 7) is 1.94. The normalized spacial score (nSPS) is 11.6. The molecule has 0 aliphatic carbocycles. The zero-order valence-corrected chi connectivity index (χ0v) is 14.5. The Hall–Kier alpha value is -2.09. The Balaban J connectivity index is 1.93. The molecule has 0 saturated heterocycles. The van der Waals surface area contributed by atoms with Gasteiger partial charge in [-0.25, -0.2) is 22.9 Å². The summed E-state index contributed by atoms with van der Waals surface area (Å²) in [5.74, 6) is -0.269. The topological polar surface area (TPSA) is 73.0 Å². The molecule has 1 aromatic heterocycles. The fourth-order valence-corrected chi connectivity index (χ4v) is 3.94. The molecule has 0 saturated carbocycles. The Bertz CT molecular complexity index is 980. The zero-order chi connectivity index (χ0) is 17.3. The molecule has 2 aromatic carbocycles. The number of thiazole rings is 1. The number of primary sulfonamides is 1. The lowest BCUT2D eigenvalue weighted by Crippen LogP contribution is -2.11. The number of nitrogens with zero attached hydrogens (tertiary/aromatic N) is 1. The van der Waals surface area contributed by atoms with E-state index < -0.39 is 10.0 Å². The third kappa shape index (κ3) is 3.69. The van der Waals surface area contributed by atoms with Crippen LogP contribution in [0.2, 0.25) is 0 Å². The van der Waals surface area contributed by atoms with Crippen LogP contribution in [-0.4, -0.2) is 13.4 Å². The lowest BCUT2D eigenvalue weighted by Gasteiger charge is -2.02. The minimum absolute atomic E-state index is 0.0625. The molecule has 124 valence electrons. The molecule has 0 aliphatic heterocycles. The van der Waals surface area contributed by atoms with Gasteiger partial charge in [-0.2, -0.15) is 0 Å². The van der Waals surface area contributed by atoms with Gasteiger partial charge in [0, 0.05) is 16.9 Å². The lowest BCUT2D eigenvalue weighted by molar-refractivity contribution is 0.598. The summed E-state index contributed by atoms with van der Waals surface area (Å²) in [6.07, 6.45) is 0.598. The highest BCUT2D eigenvalue weighted by molar-refractivity contribution is 7.89. The Morgan fingerprint density at radius 1 is 1.17 bits per heavy atom. The van der Waals surface area contributed by atoms with Crippen molar-refractivity contribution in [2.45, 2.75) is 18.2 Å². The van der Waals surface area contributed by atoms with Gasteiger partial charge in [-0.05, 0) is 36.8 Å². The maximum atomic E-state index is 13.0. The molecule has 7 heteroatoms. The van der Waals surface area contributed by atoms with E-state index in [1.165, 1.54) is 35.6 Å². The largest absolute Gasteiger partial charge is 0.241 e. The van der Waals surface area contributed by atoms with Gasteiger partial charge in [-0.3, -0.25) is 0 Å². The summed E-state index contributed by atoms with van der Waals surface area (Å²) in [7, 11) is -3.75. The Morgan fingerprint density at radius 2 is 1.88 bits per heavy atom. The third-order valence-electron chi connectivity index (χ3n) is 3.55. The van der Waals surface area contributed by atoms with Crippen LogP contribution in [0.4, 0.5) is 4.39 Å². The Labute approximate surface area is 143 Å². The molecule has 0 unspecified atom stereocenters. The first-order chi connectivity index (χ1) is 11.3. The fraction of sp³-hybridized carbons (Fsp3) is 0.118. The maximum absolute atomic E-state index is 13.0. The number of benzene rings is 2. The first-order valence-corrected chi connectivity index (χ1v) is 9.53. The molecular formula is C17H15FN2O2S2. The van der Waals surface area contributed by atoms with Gasteiger partial charge >= 0.3 is 0 Å². The molecule has 0 atom stereocenters. The first kappa shape index (κ1) is 16.8. The SMILES string of the molecule is Cc1sc(Cc2ccc(F)cc2)nc1-c1cccc(S(N)(=O)=O)c1. The zero-order valence-electron chi connectivity index (χ0n) is 12.9. The standard InChI is InChI=1S/C17H15FN2O2S2/c1-11-17(13-3-2-4-15(10-13)24(19,21)22)20-16(23-11)9-12-5-7-14(18)8-6-12/h2-8,10H,9H2,1H3,(H2,19,21,22). The van der Waals surface area contributed by atoms with Gasteiger partial charge in [0.1, 0.15) is 5.82 Å². The van der Waals surface area contributed by atoms with Gasteiger partial charge in [0.2, 0.25) is 10.0 Å². The summed E-state index contributed by atoms with van der Waals surface area (Å²) >= 11 is 1.54. The number of halogens is 1. The molecule has 2 N–H and O–H groups in total. The summed E-state index contributed by atoms with van der Waals surface area (Å²) < 4.78 is 36.0. The van der Waals surface area contributed by atoms with E-state index in [0.29, 0.717) is 12.0 Å². The molecule has 3 rings (SSSR count). The van der Waals surface area contributed by atoms with Gasteiger partial charge in [0.15, 0.2) is 0 Å². The summed E-state index contributed by atoms with van der Waals surface area (Å²) in [6, 6.07) is 12.7. The number of sulfonamides is 1. The highest BCUT2D eigenvalue weighted by atomic mass is 32.2. The molecule has 0 radical (unpaired) electrons. The lowest BCUT2D eigenvalue weighted by atomic mass is 10.1. The Morgan fingerprint density at radius 3 is 2.54 bits per heavy atom. The van der Waals surface area contributed by atoms with Crippen molar-refractivity contribution in [3.63, 3.8) is 0 Å². The van der Waals surface area contributed by atoms with Crippen LogP contribution in [0.1, 0.15) is 15.4 Å². The van der Waals surface area contributed by atoms with Crippen LogP contribution in [0.3, 0.4) is 0 Å². The van der Waals surface area contributed by atoms with E-state index in [1.54, 1.807) is 24.3 Å². The van der Waals surface area contributed by atoms with E-state index in [2.05, 4.69) is 4.98 Å². The summed E-state index contributed by atoms with van der Waals surface area (Å²) in [4.78, 5) is 5.66. The number of nitrogens with two attached hydrogens (primary N) is 1. The van der Waals surface area contributed by atoms with E-state index in [-0.39, 0.29) is 10.7 Å². The van der Waals surface area contributed by atoms with Crippen molar-refractivity contribution in [1.82, 2.24) is 4.98 Å². The van der Waals surface area contributed by atoms with Gasteiger partial charge < -0.3 is 0 Å². The second-order valence-corrected chi connectivity index (χ2v) is 8.24. The molecule has 24 heavy (non-hydrogen) atoms. The van der Waals surface area contributed by atoms with Crippen LogP contribution in [0.15, 0.2) is 53.4 Å². The molecule has 0 amide bonds.